The molecule has 0 atom stereocenters. The van der Waals surface area contributed by atoms with Crippen LogP contribution in [-0.4, -0.2) is 21.7 Å². The largest absolute Gasteiger partial charge is 0.356 e. The van der Waals surface area contributed by atoms with Gasteiger partial charge in [0.05, 0.1) is 17.4 Å². The molecule has 0 saturated carbocycles. The van der Waals surface area contributed by atoms with Crippen LogP contribution >= 0.6 is 0 Å². The maximum absolute atomic E-state index is 13.7. The Hall–Kier alpha value is -3.35. The number of rotatable bonds is 4. The van der Waals surface area contributed by atoms with Crippen molar-refractivity contribution in [2.24, 2.45) is 0 Å². The highest BCUT2D eigenvalue weighted by molar-refractivity contribution is 6.11. The normalized spacial score (nSPS) is 10.4. The van der Waals surface area contributed by atoms with Gasteiger partial charge in [-0.3, -0.25) is 14.6 Å². The minimum atomic E-state index is -0.956. The average molecular weight is 327 g/mol. The molecule has 0 aliphatic rings. The number of hydrogen-bond acceptors (Lipinski definition) is 3. The zero-order valence-electron chi connectivity index (χ0n) is 12.2. The minimum absolute atomic E-state index is 0.0182. The van der Waals surface area contributed by atoms with Crippen molar-refractivity contribution in [1.82, 2.24) is 9.97 Å². The highest BCUT2D eigenvalue weighted by atomic mass is 19.1. The summed E-state index contributed by atoms with van der Waals surface area (Å²) in [5, 5.41) is 2.58. The summed E-state index contributed by atoms with van der Waals surface area (Å²) in [6.07, 6.45) is 4.25. The van der Waals surface area contributed by atoms with Crippen LogP contribution in [0.25, 0.3) is 0 Å². The van der Waals surface area contributed by atoms with Gasteiger partial charge in [0.1, 0.15) is 17.3 Å². The first-order valence-corrected chi connectivity index (χ1v) is 6.95. The van der Waals surface area contributed by atoms with Crippen LogP contribution in [0.15, 0.2) is 55.0 Å². The smallest absolute Gasteiger partial charge is 0.272 e. The quantitative estimate of drug-likeness (QED) is 0.723. The summed E-state index contributed by atoms with van der Waals surface area (Å²) < 4.78 is 27.4. The number of halogens is 2. The van der Waals surface area contributed by atoms with Crippen LogP contribution in [0, 0.1) is 11.6 Å². The monoisotopic (exact) mass is 327 g/mol. The molecule has 7 heteroatoms. The SMILES string of the molecule is O=C(Nc1cccnc1)c1cc(C(=O)c2c(F)cccc2F)c[nH]1. The number of H-pyrrole nitrogens is 1. The van der Waals surface area contributed by atoms with Crippen LogP contribution in [0.1, 0.15) is 26.4 Å². The van der Waals surface area contributed by atoms with Gasteiger partial charge >= 0.3 is 0 Å². The number of nitrogens with one attached hydrogen (secondary N) is 2. The number of anilines is 1. The second-order valence-corrected chi connectivity index (χ2v) is 4.92. The lowest BCUT2D eigenvalue weighted by Gasteiger charge is -2.02. The number of nitrogens with zero attached hydrogens (tertiary/aromatic N) is 1. The minimum Gasteiger partial charge on any atom is -0.356 e. The molecule has 3 rings (SSSR count). The first-order valence-electron chi connectivity index (χ1n) is 6.95. The summed E-state index contributed by atoms with van der Waals surface area (Å²) in [6.45, 7) is 0. The average Bonchev–Trinajstić information content (AvgIpc) is 3.05. The van der Waals surface area contributed by atoms with Crippen LogP contribution in [0.3, 0.4) is 0 Å². The topological polar surface area (TPSA) is 74.8 Å². The number of hydrogen-bond donors (Lipinski definition) is 2. The highest BCUT2D eigenvalue weighted by Gasteiger charge is 2.21. The number of pyridine rings is 1. The van der Waals surface area contributed by atoms with Gasteiger partial charge in [-0.25, -0.2) is 8.78 Å². The van der Waals surface area contributed by atoms with Gasteiger partial charge in [-0.15, -0.1) is 0 Å². The number of carbonyl (C=O) groups is 2. The Morgan fingerprint density at radius 3 is 2.50 bits per heavy atom. The van der Waals surface area contributed by atoms with Gasteiger partial charge in [-0.05, 0) is 30.3 Å². The third-order valence-corrected chi connectivity index (χ3v) is 3.30. The van der Waals surface area contributed by atoms with E-state index in [0.717, 1.165) is 12.1 Å². The molecule has 24 heavy (non-hydrogen) atoms. The summed E-state index contributed by atoms with van der Waals surface area (Å²) in [6, 6.07) is 7.71. The zero-order chi connectivity index (χ0) is 17.1. The van der Waals surface area contributed by atoms with Crippen LogP contribution < -0.4 is 5.32 Å². The maximum atomic E-state index is 13.7. The van der Waals surface area contributed by atoms with Crippen molar-refractivity contribution in [1.29, 1.82) is 0 Å². The Morgan fingerprint density at radius 1 is 1.08 bits per heavy atom. The molecule has 0 fully saturated rings. The lowest BCUT2D eigenvalue weighted by molar-refractivity contribution is 0.102. The molecule has 0 aliphatic carbocycles. The Balaban J connectivity index is 1.83. The van der Waals surface area contributed by atoms with E-state index in [0.29, 0.717) is 5.69 Å². The van der Waals surface area contributed by atoms with Gasteiger partial charge in [0.15, 0.2) is 5.78 Å². The lowest BCUT2D eigenvalue weighted by Crippen LogP contribution is -2.12. The van der Waals surface area contributed by atoms with Crippen molar-refractivity contribution in [3.05, 3.63) is 83.4 Å². The Bertz CT molecular complexity index is 887. The third kappa shape index (κ3) is 3.05. The van der Waals surface area contributed by atoms with Crippen molar-refractivity contribution in [2.75, 3.05) is 5.32 Å². The number of carbonyl (C=O) groups excluding carboxylic acids is 2. The van der Waals surface area contributed by atoms with Crippen molar-refractivity contribution < 1.29 is 18.4 Å². The van der Waals surface area contributed by atoms with E-state index in [-0.39, 0.29) is 11.3 Å². The zero-order valence-corrected chi connectivity index (χ0v) is 12.2. The fourth-order valence-electron chi connectivity index (χ4n) is 2.15. The molecule has 2 N–H and O–H groups in total. The van der Waals surface area contributed by atoms with E-state index in [2.05, 4.69) is 15.3 Å². The molecular weight excluding hydrogens is 316 g/mol. The molecule has 0 spiro atoms. The summed E-state index contributed by atoms with van der Waals surface area (Å²) in [5.41, 5.74) is -0.116. The van der Waals surface area contributed by atoms with E-state index in [1.807, 2.05) is 0 Å². The predicted octanol–water partition coefficient (Wildman–Crippen LogP) is 3.17. The Kier molecular flexibility index (Phi) is 4.15. The van der Waals surface area contributed by atoms with Crippen molar-refractivity contribution >= 4 is 17.4 Å². The molecule has 2 aromatic heterocycles. The summed E-state index contributed by atoms with van der Waals surface area (Å²) in [5.74, 6) is -3.26. The second-order valence-electron chi connectivity index (χ2n) is 4.92. The van der Waals surface area contributed by atoms with E-state index < -0.39 is 28.9 Å². The summed E-state index contributed by atoms with van der Waals surface area (Å²) in [4.78, 5) is 30.8. The fraction of sp³-hybridized carbons (Fsp3) is 0. The van der Waals surface area contributed by atoms with E-state index in [4.69, 9.17) is 0 Å². The van der Waals surface area contributed by atoms with Gasteiger partial charge in [-0.2, -0.15) is 0 Å². The molecule has 0 bridgehead atoms. The molecule has 5 nitrogen and oxygen atoms in total. The number of amides is 1. The highest BCUT2D eigenvalue weighted by Crippen LogP contribution is 2.18. The summed E-state index contributed by atoms with van der Waals surface area (Å²) >= 11 is 0. The number of aromatic amines is 1. The van der Waals surface area contributed by atoms with Crippen molar-refractivity contribution in [2.45, 2.75) is 0 Å². The van der Waals surface area contributed by atoms with Crippen LogP contribution in [-0.2, 0) is 0 Å². The number of benzene rings is 1. The number of aromatic nitrogens is 2. The maximum Gasteiger partial charge on any atom is 0.272 e. The summed E-state index contributed by atoms with van der Waals surface area (Å²) in [7, 11) is 0. The van der Waals surface area contributed by atoms with E-state index in [1.165, 1.54) is 24.5 Å². The van der Waals surface area contributed by atoms with E-state index >= 15 is 0 Å². The predicted molar refractivity (Wildman–Crippen MR) is 82.8 cm³/mol. The van der Waals surface area contributed by atoms with Gasteiger partial charge in [0, 0.05) is 18.0 Å². The van der Waals surface area contributed by atoms with Crippen LogP contribution in [0.5, 0.6) is 0 Å². The van der Waals surface area contributed by atoms with Gasteiger partial charge in [0.2, 0.25) is 0 Å². The number of ketones is 1. The first-order chi connectivity index (χ1) is 11.6. The first kappa shape index (κ1) is 15.5. The van der Waals surface area contributed by atoms with Crippen LogP contribution in [0.2, 0.25) is 0 Å². The molecule has 1 aromatic carbocycles. The van der Waals surface area contributed by atoms with Crippen molar-refractivity contribution in [3.8, 4) is 0 Å². The van der Waals surface area contributed by atoms with Crippen molar-refractivity contribution in [3.63, 3.8) is 0 Å². The molecule has 1 amide bonds. The molecular formula is C17H11F2N3O2. The molecule has 0 unspecified atom stereocenters. The third-order valence-electron chi connectivity index (χ3n) is 3.30. The Morgan fingerprint density at radius 2 is 1.83 bits per heavy atom. The molecule has 120 valence electrons. The molecule has 0 saturated heterocycles. The van der Waals surface area contributed by atoms with E-state index in [9.17, 15) is 18.4 Å². The van der Waals surface area contributed by atoms with Crippen LogP contribution in [0.4, 0.5) is 14.5 Å². The van der Waals surface area contributed by atoms with Gasteiger partial charge in [0.25, 0.3) is 5.91 Å². The second kappa shape index (κ2) is 6.41. The van der Waals surface area contributed by atoms with Gasteiger partial charge in [-0.1, -0.05) is 6.07 Å². The Labute approximate surface area is 135 Å². The fourth-order valence-corrected chi connectivity index (χ4v) is 2.15. The molecule has 0 radical (unpaired) electrons. The molecule has 0 aliphatic heterocycles. The molecule has 3 aromatic rings. The van der Waals surface area contributed by atoms with Gasteiger partial charge < -0.3 is 10.3 Å². The van der Waals surface area contributed by atoms with E-state index in [1.54, 1.807) is 18.3 Å². The molecule has 2 heterocycles. The standard InChI is InChI=1S/C17H11F2N3O2/c18-12-4-1-5-13(19)15(12)16(23)10-7-14(21-8-10)17(24)22-11-3-2-6-20-9-11/h1-9,21H,(H,22,24). The lowest BCUT2D eigenvalue weighted by atomic mass is 10.0.